The Morgan fingerprint density at radius 3 is 2.16 bits per heavy atom. The van der Waals surface area contributed by atoms with E-state index in [1.54, 1.807) is 11.3 Å². The van der Waals surface area contributed by atoms with Gasteiger partial charge in [-0.25, -0.2) is 0 Å². The first kappa shape index (κ1) is 45.5. The first-order valence-electron chi connectivity index (χ1n) is 24.3. The van der Waals surface area contributed by atoms with E-state index < -0.39 is 0 Å². The van der Waals surface area contributed by atoms with E-state index >= 15 is 0 Å². The molecule has 2 amide bonds. The van der Waals surface area contributed by atoms with Gasteiger partial charge in [-0.15, -0.1) is 68.0 Å². The number of fused-ring (bicyclic) bond motifs is 9. The molecule has 4 atom stereocenters. The predicted molar refractivity (Wildman–Crippen MR) is 282 cm³/mol. The zero-order valence-corrected chi connectivity index (χ0v) is 43.4. The number of imide groups is 1. The molecular formula is C54H65NO2S6. The lowest BCUT2D eigenvalue weighted by molar-refractivity contribution is 0.0654. The highest BCUT2D eigenvalue weighted by Crippen LogP contribution is 2.57. The summed E-state index contributed by atoms with van der Waals surface area (Å²) in [5, 5.41) is 3.85. The van der Waals surface area contributed by atoms with Gasteiger partial charge in [-0.05, 0) is 92.2 Å². The van der Waals surface area contributed by atoms with Crippen molar-refractivity contribution in [3.05, 3.63) is 66.3 Å². The molecule has 334 valence electrons. The van der Waals surface area contributed by atoms with Crippen molar-refractivity contribution in [2.24, 2.45) is 11.8 Å². The van der Waals surface area contributed by atoms with E-state index in [1.807, 2.05) is 45.3 Å². The summed E-state index contributed by atoms with van der Waals surface area (Å²) >= 11 is 11.6. The second kappa shape index (κ2) is 19.7. The summed E-state index contributed by atoms with van der Waals surface area (Å²) in [7, 11) is 0. The molecule has 63 heavy (non-hydrogen) atoms. The summed E-state index contributed by atoms with van der Waals surface area (Å²) < 4.78 is 3.96. The van der Waals surface area contributed by atoms with Crippen LogP contribution in [-0.4, -0.2) is 23.3 Å². The topological polar surface area (TPSA) is 37.4 Å². The zero-order valence-electron chi connectivity index (χ0n) is 38.5. The summed E-state index contributed by atoms with van der Waals surface area (Å²) in [6.07, 6.45) is 19.0. The van der Waals surface area contributed by atoms with Gasteiger partial charge in [0, 0.05) is 77.4 Å². The fourth-order valence-electron chi connectivity index (χ4n) is 10.3. The van der Waals surface area contributed by atoms with Gasteiger partial charge in [-0.1, -0.05) is 119 Å². The molecule has 6 aromatic heterocycles. The van der Waals surface area contributed by atoms with Gasteiger partial charge in [-0.3, -0.25) is 14.5 Å². The Morgan fingerprint density at radius 1 is 0.683 bits per heavy atom. The van der Waals surface area contributed by atoms with E-state index in [2.05, 4.69) is 96.2 Å². The maximum Gasteiger partial charge on any atom is 0.271 e. The summed E-state index contributed by atoms with van der Waals surface area (Å²) in [6, 6.07) is 14.9. The van der Waals surface area contributed by atoms with E-state index in [9.17, 15) is 9.59 Å². The first-order chi connectivity index (χ1) is 30.7. The van der Waals surface area contributed by atoms with Crippen LogP contribution in [0.15, 0.2) is 36.4 Å². The Kier molecular flexibility index (Phi) is 14.2. The molecule has 0 saturated heterocycles. The minimum Gasteiger partial charge on any atom is -0.274 e. The van der Waals surface area contributed by atoms with Crippen LogP contribution in [0.4, 0.5) is 0 Å². The fourth-order valence-corrected chi connectivity index (χ4v) is 18.3. The highest BCUT2D eigenvalue weighted by atomic mass is 32.1. The van der Waals surface area contributed by atoms with E-state index in [0.29, 0.717) is 28.8 Å². The number of hydrogen-bond acceptors (Lipinski definition) is 8. The number of hydrogen-bond donors (Lipinski definition) is 0. The second-order valence-corrected chi connectivity index (χ2v) is 25.3. The van der Waals surface area contributed by atoms with Crippen LogP contribution in [0.1, 0.15) is 190 Å². The molecule has 4 unspecified atom stereocenters. The molecule has 0 fully saturated rings. The van der Waals surface area contributed by atoms with Crippen molar-refractivity contribution in [2.75, 3.05) is 6.54 Å². The van der Waals surface area contributed by atoms with Crippen LogP contribution in [0.3, 0.4) is 0 Å². The second-order valence-electron chi connectivity index (χ2n) is 18.8. The van der Waals surface area contributed by atoms with Gasteiger partial charge < -0.3 is 0 Å². The number of carbonyl (C=O) groups excluding carboxylic acids is 2. The number of nitrogens with zero attached hydrogens (tertiary/aromatic N) is 1. The standard InChI is InChI=1S/C54H65NO2S6/c1-8-13-18-32(7)47-45-46-52(54(57)55(53(46)56)26-15-10-3)63-51(45)50(62-47)42-30-38-44-40-25-23-36(59-40)28-34(12-5)21-17-16-19-31(6)41-29-37(48(44)60-41)43(49(38)61-42)39-24-22-35(58-39)27-33(11-4)20-14-9-2/h22-25,29-34H,8-21,26-28H2,1-7H3. The molecule has 2 aliphatic heterocycles. The van der Waals surface area contributed by atoms with Gasteiger partial charge in [0.25, 0.3) is 11.8 Å². The molecule has 0 aliphatic carbocycles. The van der Waals surface area contributed by atoms with Crippen molar-refractivity contribution in [1.29, 1.82) is 0 Å². The molecule has 7 aromatic rings. The molecule has 0 spiro atoms. The molecule has 3 nitrogen and oxygen atoms in total. The number of unbranched alkanes of at least 4 members (excludes halogenated alkanes) is 3. The molecule has 9 rings (SSSR count). The smallest absolute Gasteiger partial charge is 0.271 e. The molecule has 4 bridgehead atoms. The van der Waals surface area contributed by atoms with Crippen molar-refractivity contribution in [1.82, 2.24) is 4.90 Å². The van der Waals surface area contributed by atoms with Gasteiger partial charge in [0.1, 0.15) is 4.88 Å². The van der Waals surface area contributed by atoms with Crippen LogP contribution < -0.4 is 0 Å². The highest BCUT2D eigenvalue weighted by molar-refractivity contribution is 7.32. The highest BCUT2D eigenvalue weighted by Gasteiger charge is 2.41. The molecule has 0 radical (unpaired) electrons. The van der Waals surface area contributed by atoms with Gasteiger partial charge in [-0.2, -0.15) is 0 Å². The minimum atomic E-state index is -0.0917. The van der Waals surface area contributed by atoms with Crippen LogP contribution in [0.25, 0.3) is 60.9 Å². The van der Waals surface area contributed by atoms with E-state index in [-0.39, 0.29) is 11.8 Å². The lowest BCUT2D eigenvalue weighted by Crippen LogP contribution is -2.30. The molecule has 1 aromatic carbocycles. The largest absolute Gasteiger partial charge is 0.274 e. The lowest BCUT2D eigenvalue weighted by Gasteiger charge is -2.15. The molecule has 8 heterocycles. The number of benzene rings is 1. The fraction of sp³-hybridized carbons (Fsp3) is 0.519. The molecule has 9 heteroatoms. The Balaban J connectivity index is 1.29. The Hall–Kier alpha value is -2.66. The molecule has 2 aliphatic rings. The third-order valence-electron chi connectivity index (χ3n) is 14.2. The summed E-state index contributed by atoms with van der Waals surface area (Å²) in [5.74, 6) is 2.12. The zero-order chi connectivity index (χ0) is 43.9. The maximum atomic E-state index is 14.2. The third-order valence-corrected chi connectivity index (χ3v) is 22.0. The quantitative estimate of drug-likeness (QED) is 0.0905. The third kappa shape index (κ3) is 8.63. The monoisotopic (exact) mass is 951 g/mol. The van der Waals surface area contributed by atoms with E-state index in [1.165, 1.54) is 139 Å². The van der Waals surface area contributed by atoms with Crippen LogP contribution in [-0.2, 0) is 12.8 Å². The van der Waals surface area contributed by atoms with Gasteiger partial charge in [0.05, 0.1) is 15.1 Å². The van der Waals surface area contributed by atoms with Crippen LogP contribution >= 0.6 is 68.0 Å². The molecule has 0 saturated carbocycles. The maximum absolute atomic E-state index is 14.2. The average Bonchev–Trinajstić information content (AvgIpc) is 4.16. The normalized spacial score (nSPS) is 18.1. The van der Waals surface area contributed by atoms with Crippen molar-refractivity contribution in [2.45, 2.75) is 163 Å². The minimum absolute atomic E-state index is 0.0823. The van der Waals surface area contributed by atoms with Crippen molar-refractivity contribution in [3.8, 4) is 30.6 Å². The van der Waals surface area contributed by atoms with Gasteiger partial charge in [0.15, 0.2) is 0 Å². The van der Waals surface area contributed by atoms with Gasteiger partial charge in [0.2, 0.25) is 0 Å². The van der Waals surface area contributed by atoms with Gasteiger partial charge >= 0.3 is 0 Å². The van der Waals surface area contributed by atoms with Crippen molar-refractivity contribution in [3.63, 3.8) is 0 Å². The summed E-state index contributed by atoms with van der Waals surface area (Å²) in [6.45, 7) is 16.8. The predicted octanol–water partition coefficient (Wildman–Crippen LogP) is 19.2. The van der Waals surface area contributed by atoms with Crippen LogP contribution in [0.5, 0.6) is 0 Å². The van der Waals surface area contributed by atoms with Crippen LogP contribution in [0.2, 0.25) is 0 Å². The number of thiophene rings is 6. The summed E-state index contributed by atoms with van der Waals surface area (Å²) in [5.41, 5.74) is 3.50. The van der Waals surface area contributed by atoms with E-state index in [0.717, 1.165) is 60.4 Å². The number of carbonyl (C=O) groups is 2. The van der Waals surface area contributed by atoms with Crippen molar-refractivity contribution < 1.29 is 9.59 Å². The Bertz CT molecular complexity index is 2750. The Morgan fingerprint density at radius 2 is 1.40 bits per heavy atom. The van der Waals surface area contributed by atoms with Crippen molar-refractivity contribution >= 4 is 110 Å². The SMILES string of the molecule is CCCCC(CC)Cc1ccc(-c2c3cc4sc3c(c3cc(-c5sc(C(C)CCCC)c6c7c(sc56)C(=O)N(CCCC)C7=O)sc23)-c2ccc(s2)CC(CC)CCCCC4C)s1. The lowest BCUT2D eigenvalue weighted by atomic mass is 9.92. The van der Waals surface area contributed by atoms with E-state index in [4.69, 9.17) is 0 Å². The first-order valence-corrected chi connectivity index (χ1v) is 29.2. The molecular weight excluding hydrogens is 887 g/mol. The molecule has 0 N–H and O–H groups in total. The van der Waals surface area contributed by atoms with Crippen LogP contribution in [0, 0.1) is 11.8 Å². The number of amides is 2. The Labute approximate surface area is 400 Å². The number of rotatable bonds is 16. The summed E-state index contributed by atoms with van der Waals surface area (Å²) in [4.78, 5) is 41.6. The average molecular weight is 953 g/mol.